The fourth-order valence-electron chi connectivity index (χ4n) is 2.73. The van der Waals surface area contributed by atoms with E-state index in [1.165, 1.54) is 0 Å². The van der Waals surface area contributed by atoms with Gasteiger partial charge in [-0.05, 0) is 31.2 Å². The Kier molecular flexibility index (Phi) is 7.04. The first kappa shape index (κ1) is 19.9. The van der Waals surface area contributed by atoms with Crippen molar-refractivity contribution in [3.05, 3.63) is 46.7 Å². The lowest BCUT2D eigenvalue weighted by molar-refractivity contribution is 0.307. The van der Waals surface area contributed by atoms with Crippen LogP contribution in [0.15, 0.2) is 35.6 Å². The van der Waals surface area contributed by atoms with Crippen molar-refractivity contribution in [2.45, 2.75) is 51.5 Å². The third-order valence-electron chi connectivity index (χ3n) is 4.07. The van der Waals surface area contributed by atoms with E-state index in [-0.39, 0.29) is 10.9 Å². The summed E-state index contributed by atoms with van der Waals surface area (Å²) in [6.07, 6.45) is 3.61. The van der Waals surface area contributed by atoms with Crippen LogP contribution in [0, 0.1) is 0 Å². The molecule has 1 aromatic carbocycles. The van der Waals surface area contributed by atoms with Gasteiger partial charge in [-0.1, -0.05) is 44.0 Å². The van der Waals surface area contributed by atoms with E-state index in [0.29, 0.717) is 13.1 Å². The maximum atomic E-state index is 12.3. The molecule has 5 nitrogen and oxygen atoms in total. The molecule has 0 amide bonds. The Hall–Kier alpha value is -1.37. The molecule has 1 aromatic heterocycles. The minimum atomic E-state index is -3.32. The molecular weight excluding hydrogens is 358 g/mol. The van der Waals surface area contributed by atoms with E-state index >= 15 is 0 Å². The van der Waals surface area contributed by atoms with Crippen LogP contribution in [-0.2, 0) is 29.5 Å². The highest BCUT2D eigenvalue weighted by Crippen LogP contribution is 2.18. The summed E-state index contributed by atoms with van der Waals surface area (Å²) in [5.41, 5.74) is 2.04. The van der Waals surface area contributed by atoms with Crippen molar-refractivity contribution in [1.82, 2.24) is 14.5 Å². The molecule has 7 heteroatoms. The van der Waals surface area contributed by atoms with Gasteiger partial charge in [0.25, 0.3) is 0 Å². The van der Waals surface area contributed by atoms with E-state index in [2.05, 4.69) is 16.8 Å². The lowest BCUT2D eigenvalue weighted by Gasteiger charge is -2.19. The van der Waals surface area contributed by atoms with Gasteiger partial charge in [0, 0.05) is 24.7 Å². The molecule has 0 spiro atoms. The second-order valence-electron chi connectivity index (χ2n) is 6.24. The standard InChI is InChI=1S/C18H26ClN3O2S/c1-4-6-10-22-17(12-20-18(22)25(23,24)5-2)14-21(3)13-15-8-7-9-16(19)11-15/h7-9,11-12H,4-6,10,13-14H2,1-3H3. The van der Waals surface area contributed by atoms with Crippen LogP contribution in [0.5, 0.6) is 0 Å². The Labute approximate surface area is 155 Å². The molecule has 0 fully saturated rings. The smallest absolute Gasteiger partial charge is 0.227 e. The van der Waals surface area contributed by atoms with Gasteiger partial charge in [-0.25, -0.2) is 13.4 Å². The molecule has 2 aromatic rings. The minimum absolute atomic E-state index is 0.0634. The van der Waals surface area contributed by atoms with Crippen molar-refractivity contribution < 1.29 is 8.42 Å². The maximum absolute atomic E-state index is 12.3. The highest BCUT2D eigenvalue weighted by Gasteiger charge is 2.21. The number of nitrogens with zero attached hydrogens (tertiary/aromatic N) is 3. The molecule has 0 aliphatic carbocycles. The lowest BCUT2D eigenvalue weighted by Crippen LogP contribution is -2.21. The van der Waals surface area contributed by atoms with Crippen LogP contribution in [0.2, 0.25) is 5.02 Å². The van der Waals surface area contributed by atoms with E-state index in [1.807, 2.05) is 35.9 Å². The normalized spacial score (nSPS) is 12.0. The third-order valence-corrected chi connectivity index (χ3v) is 5.95. The number of halogens is 1. The zero-order valence-corrected chi connectivity index (χ0v) is 16.6. The molecule has 0 saturated carbocycles. The molecule has 0 saturated heterocycles. The number of unbranched alkanes of at least 4 members (excludes halogenated alkanes) is 1. The zero-order chi connectivity index (χ0) is 18.4. The van der Waals surface area contributed by atoms with Crippen molar-refractivity contribution in [2.24, 2.45) is 0 Å². The van der Waals surface area contributed by atoms with Gasteiger partial charge < -0.3 is 4.57 Å². The number of sulfone groups is 1. The van der Waals surface area contributed by atoms with Gasteiger partial charge in [0.15, 0.2) is 0 Å². The first-order valence-electron chi connectivity index (χ1n) is 8.57. The number of hydrogen-bond acceptors (Lipinski definition) is 4. The van der Waals surface area contributed by atoms with Gasteiger partial charge >= 0.3 is 0 Å². The Balaban J connectivity index is 2.20. The molecule has 0 aliphatic rings. The summed E-state index contributed by atoms with van der Waals surface area (Å²) in [4.78, 5) is 6.35. The van der Waals surface area contributed by atoms with Gasteiger partial charge in [-0.15, -0.1) is 0 Å². The average Bonchev–Trinajstić information content (AvgIpc) is 2.96. The Bertz CT molecular complexity index is 802. The summed E-state index contributed by atoms with van der Waals surface area (Å²) in [7, 11) is -1.32. The summed E-state index contributed by atoms with van der Waals surface area (Å²) in [5, 5.41) is 0.907. The lowest BCUT2D eigenvalue weighted by atomic mass is 10.2. The first-order chi connectivity index (χ1) is 11.9. The Morgan fingerprint density at radius 3 is 2.64 bits per heavy atom. The topological polar surface area (TPSA) is 55.2 Å². The molecule has 2 rings (SSSR count). The van der Waals surface area contributed by atoms with Crippen molar-refractivity contribution in [3.63, 3.8) is 0 Å². The van der Waals surface area contributed by atoms with Crippen LogP contribution >= 0.6 is 11.6 Å². The van der Waals surface area contributed by atoms with Crippen LogP contribution in [0.25, 0.3) is 0 Å². The third kappa shape index (κ3) is 5.30. The highest BCUT2D eigenvalue weighted by atomic mass is 35.5. The van der Waals surface area contributed by atoms with Gasteiger partial charge in [0.2, 0.25) is 15.0 Å². The predicted octanol–water partition coefficient (Wildman–Crippen LogP) is 3.76. The maximum Gasteiger partial charge on any atom is 0.227 e. The number of rotatable bonds is 9. The highest BCUT2D eigenvalue weighted by molar-refractivity contribution is 7.91. The molecule has 0 radical (unpaired) electrons. The first-order valence-corrected chi connectivity index (χ1v) is 10.6. The van der Waals surface area contributed by atoms with Crippen molar-refractivity contribution >= 4 is 21.4 Å². The van der Waals surface area contributed by atoms with Gasteiger partial charge in [-0.3, -0.25) is 4.90 Å². The molecule has 25 heavy (non-hydrogen) atoms. The second kappa shape index (κ2) is 8.83. The summed E-state index contributed by atoms with van der Waals surface area (Å²) in [6.45, 7) is 5.78. The molecule has 0 aliphatic heterocycles. The number of imidazole rings is 1. The number of aromatic nitrogens is 2. The van der Waals surface area contributed by atoms with E-state index in [1.54, 1.807) is 13.1 Å². The summed E-state index contributed by atoms with van der Waals surface area (Å²) >= 11 is 6.04. The molecular formula is C18H26ClN3O2S. The average molecular weight is 384 g/mol. The molecule has 0 N–H and O–H groups in total. The predicted molar refractivity (Wildman–Crippen MR) is 101 cm³/mol. The van der Waals surface area contributed by atoms with Gasteiger partial charge in [0.1, 0.15) is 0 Å². The summed E-state index contributed by atoms with van der Waals surface area (Å²) in [5.74, 6) is 0.0634. The van der Waals surface area contributed by atoms with Crippen LogP contribution in [0.3, 0.4) is 0 Å². The van der Waals surface area contributed by atoms with Crippen molar-refractivity contribution in [1.29, 1.82) is 0 Å². The largest absolute Gasteiger partial charge is 0.318 e. The molecule has 0 atom stereocenters. The quantitative estimate of drug-likeness (QED) is 0.661. The van der Waals surface area contributed by atoms with Crippen LogP contribution in [0.1, 0.15) is 37.9 Å². The second-order valence-corrected chi connectivity index (χ2v) is 8.85. The van der Waals surface area contributed by atoms with Crippen molar-refractivity contribution in [3.8, 4) is 0 Å². The summed E-state index contributed by atoms with van der Waals surface area (Å²) < 4.78 is 26.5. The van der Waals surface area contributed by atoms with Gasteiger partial charge in [-0.2, -0.15) is 0 Å². The Morgan fingerprint density at radius 2 is 2.00 bits per heavy atom. The molecule has 0 unspecified atom stereocenters. The Morgan fingerprint density at radius 1 is 1.24 bits per heavy atom. The van der Waals surface area contributed by atoms with E-state index < -0.39 is 9.84 Å². The summed E-state index contributed by atoms with van der Waals surface area (Å²) in [6, 6.07) is 7.76. The molecule has 138 valence electrons. The number of hydrogen-bond donors (Lipinski definition) is 0. The molecule has 0 bridgehead atoms. The van der Waals surface area contributed by atoms with Crippen LogP contribution in [-0.4, -0.2) is 35.7 Å². The fourth-order valence-corrected chi connectivity index (χ4v) is 3.96. The monoisotopic (exact) mass is 383 g/mol. The number of benzene rings is 1. The van der Waals surface area contributed by atoms with Crippen LogP contribution in [0.4, 0.5) is 0 Å². The van der Waals surface area contributed by atoms with E-state index in [0.717, 1.165) is 35.7 Å². The van der Waals surface area contributed by atoms with Gasteiger partial charge in [0.05, 0.1) is 17.6 Å². The fraction of sp³-hybridized carbons (Fsp3) is 0.500. The van der Waals surface area contributed by atoms with E-state index in [4.69, 9.17) is 11.6 Å². The van der Waals surface area contributed by atoms with E-state index in [9.17, 15) is 8.42 Å². The SMILES string of the molecule is CCCCn1c(CN(C)Cc2cccc(Cl)c2)cnc1S(=O)(=O)CC. The molecule has 1 heterocycles. The van der Waals surface area contributed by atoms with Crippen molar-refractivity contribution in [2.75, 3.05) is 12.8 Å². The zero-order valence-electron chi connectivity index (χ0n) is 15.1. The minimum Gasteiger partial charge on any atom is -0.318 e. The van der Waals surface area contributed by atoms with Crippen LogP contribution < -0.4 is 0 Å².